The van der Waals surface area contributed by atoms with Gasteiger partial charge < -0.3 is 26.0 Å². The Morgan fingerprint density at radius 3 is 2.58 bits per heavy atom. The second kappa shape index (κ2) is 15.3. The largest absolute Gasteiger partial charge is 0.481 e. The molecule has 2 amide bonds. The molecule has 3 unspecified atom stereocenters. The molecule has 274 valence electrons. The van der Waals surface area contributed by atoms with Crippen molar-refractivity contribution < 1.29 is 14.3 Å². The van der Waals surface area contributed by atoms with Gasteiger partial charge in [-0.3, -0.25) is 9.59 Å². The zero-order valence-electron chi connectivity index (χ0n) is 29.6. The van der Waals surface area contributed by atoms with Gasteiger partial charge in [0.15, 0.2) is 0 Å². The number of aromatic nitrogens is 2. The molecule has 2 aliphatic heterocycles. The van der Waals surface area contributed by atoms with Gasteiger partial charge in [-0.05, 0) is 75.1 Å². The Bertz CT molecular complexity index is 2190. The number of rotatable bonds is 12. The molecule has 12 heteroatoms. The number of thiophene rings is 1. The van der Waals surface area contributed by atoms with E-state index in [4.69, 9.17) is 37.9 Å². The van der Waals surface area contributed by atoms with Crippen molar-refractivity contribution in [2.24, 2.45) is 5.92 Å². The Kier molecular flexibility index (Phi) is 10.3. The fourth-order valence-corrected chi connectivity index (χ4v) is 9.90. The summed E-state index contributed by atoms with van der Waals surface area (Å²) in [7, 11) is 1.61. The fraction of sp³-hybridized carbons (Fsp3) is 0.366. The van der Waals surface area contributed by atoms with Gasteiger partial charge in [0.1, 0.15) is 5.82 Å². The quantitative estimate of drug-likeness (QED) is 0.100. The summed E-state index contributed by atoms with van der Waals surface area (Å²) in [5.41, 5.74) is 4.74. The minimum absolute atomic E-state index is 0.0495. The Morgan fingerprint density at radius 2 is 1.79 bits per heavy atom. The minimum Gasteiger partial charge on any atom is -0.481 e. The van der Waals surface area contributed by atoms with Gasteiger partial charge in [0.25, 0.3) is 0 Å². The molecule has 5 heterocycles. The summed E-state index contributed by atoms with van der Waals surface area (Å²) in [6, 6.07) is 20.2. The number of anilines is 2. The third-order valence-corrected chi connectivity index (χ3v) is 13.0. The van der Waals surface area contributed by atoms with Gasteiger partial charge in [-0.15, -0.1) is 11.3 Å². The molecule has 3 aromatic heterocycles. The van der Waals surface area contributed by atoms with Gasteiger partial charge in [-0.2, -0.15) is 0 Å². The molecule has 1 aliphatic carbocycles. The highest BCUT2D eigenvalue weighted by Gasteiger charge is 2.43. The van der Waals surface area contributed by atoms with Crippen LogP contribution in [-0.2, 0) is 22.6 Å². The highest BCUT2D eigenvalue weighted by molar-refractivity contribution is 7.19. The van der Waals surface area contributed by atoms with Gasteiger partial charge in [0, 0.05) is 80.9 Å². The lowest BCUT2D eigenvalue weighted by atomic mass is 9.92. The fourth-order valence-electron chi connectivity index (χ4n) is 8.23. The summed E-state index contributed by atoms with van der Waals surface area (Å²) in [6.45, 7) is 1.24. The van der Waals surface area contributed by atoms with Crippen LogP contribution in [-0.4, -0.2) is 47.0 Å². The topological polar surface area (TPSA) is 117 Å². The van der Waals surface area contributed by atoms with E-state index < -0.39 is 0 Å². The number of nitrogens with zero attached hydrogens (tertiary/aromatic N) is 2. The maximum absolute atomic E-state index is 11.9. The number of carbonyl (C=O) groups is 2. The molecule has 9 nitrogen and oxygen atoms in total. The smallest absolute Gasteiger partial charge is 0.220 e. The van der Waals surface area contributed by atoms with Gasteiger partial charge in [0.05, 0.1) is 28.5 Å². The van der Waals surface area contributed by atoms with E-state index in [-0.39, 0.29) is 23.4 Å². The molecular formula is C41H42Cl2N6O3S. The van der Waals surface area contributed by atoms with Crippen molar-refractivity contribution >= 4 is 67.9 Å². The normalized spacial score (nSPS) is 21.0. The van der Waals surface area contributed by atoms with Gasteiger partial charge in [-0.25, -0.2) is 9.97 Å². The molecule has 4 N–H and O–H groups in total. The lowest BCUT2D eigenvalue weighted by Gasteiger charge is -2.23. The molecule has 53 heavy (non-hydrogen) atoms. The van der Waals surface area contributed by atoms with E-state index >= 15 is 0 Å². The molecule has 3 atom stereocenters. The maximum atomic E-state index is 11.9. The van der Waals surface area contributed by atoms with Crippen LogP contribution in [0.4, 0.5) is 11.5 Å². The molecule has 0 radical (unpaired) electrons. The van der Waals surface area contributed by atoms with Crippen LogP contribution >= 0.6 is 34.5 Å². The van der Waals surface area contributed by atoms with Crippen molar-refractivity contribution in [2.45, 2.75) is 75.9 Å². The molecule has 8 rings (SSSR count). The summed E-state index contributed by atoms with van der Waals surface area (Å²) in [5.74, 6) is 2.23. The Hall–Kier alpha value is -4.22. The number of methoxy groups -OCH3 is 1. The van der Waals surface area contributed by atoms with E-state index in [0.717, 1.165) is 77.7 Å². The summed E-state index contributed by atoms with van der Waals surface area (Å²) < 4.78 is 6.85. The summed E-state index contributed by atoms with van der Waals surface area (Å²) in [5, 5.41) is 15.3. The lowest BCUT2D eigenvalue weighted by Crippen LogP contribution is -2.38. The maximum Gasteiger partial charge on any atom is 0.220 e. The number of hydrogen-bond donors (Lipinski definition) is 4. The van der Waals surface area contributed by atoms with Crippen molar-refractivity contribution in [1.29, 1.82) is 0 Å². The first-order valence-corrected chi connectivity index (χ1v) is 19.9. The third kappa shape index (κ3) is 7.60. The summed E-state index contributed by atoms with van der Waals surface area (Å²) in [4.78, 5) is 34.3. The second-order valence-electron chi connectivity index (χ2n) is 14.5. The summed E-state index contributed by atoms with van der Waals surface area (Å²) in [6.07, 6.45) is 10.4. The average Bonchev–Trinajstić information content (AvgIpc) is 3.96. The lowest BCUT2D eigenvalue weighted by molar-refractivity contribution is -0.120. The number of halogens is 2. The molecule has 5 aromatic rings. The number of ether oxygens (including phenoxy) is 1. The van der Waals surface area contributed by atoms with Crippen LogP contribution in [0.3, 0.4) is 0 Å². The number of pyridine rings is 2. The molecule has 3 fully saturated rings. The van der Waals surface area contributed by atoms with E-state index in [1.807, 2.05) is 66.1 Å². The van der Waals surface area contributed by atoms with Crippen LogP contribution in [0, 0.1) is 5.92 Å². The van der Waals surface area contributed by atoms with E-state index in [0.29, 0.717) is 53.5 Å². The highest BCUT2D eigenvalue weighted by atomic mass is 35.5. The van der Waals surface area contributed by atoms with Crippen LogP contribution in [0.5, 0.6) is 5.88 Å². The number of fused-ring (bicyclic) bond motifs is 1. The monoisotopic (exact) mass is 768 g/mol. The SMILES string of the molecule is COc1nc(-c2cccc(-c3cccc(Nc4nccc5sc(CCC6CCC7(CCC(=O)N7)C6)cc45)c3Cl)c2Cl)ccc1CNCC1CCC(=O)N1. The van der Waals surface area contributed by atoms with Crippen LogP contribution in [0.2, 0.25) is 10.0 Å². The predicted octanol–water partition coefficient (Wildman–Crippen LogP) is 8.83. The average molecular weight is 770 g/mol. The molecule has 1 saturated carbocycles. The van der Waals surface area contributed by atoms with Crippen molar-refractivity contribution in [1.82, 2.24) is 25.9 Å². The minimum atomic E-state index is 0.0495. The zero-order chi connectivity index (χ0) is 36.5. The molecule has 2 saturated heterocycles. The molecule has 3 aliphatic rings. The summed E-state index contributed by atoms with van der Waals surface area (Å²) >= 11 is 16.1. The van der Waals surface area contributed by atoms with E-state index in [9.17, 15) is 9.59 Å². The Balaban J connectivity index is 0.977. The predicted molar refractivity (Wildman–Crippen MR) is 213 cm³/mol. The first-order chi connectivity index (χ1) is 25.8. The van der Waals surface area contributed by atoms with Gasteiger partial charge in [0.2, 0.25) is 17.7 Å². The zero-order valence-corrected chi connectivity index (χ0v) is 31.9. The molecule has 1 spiro atoms. The standard InChI is InChI=1S/C41H42Cl2N6O3S/c1-52-40-25(22-44-23-26-10-13-35(50)46-26)9-12-32(48-40)30-6-2-4-28(37(30)42)29-5-3-7-33(38(29)43)47-39-31-20-27(53-34(31)16-19-45-39)11-8-24-14-17-41(21-24)18-15-36(51)49-41/h2-7,9,12,16,19-20,24,26,44H,8,10-11,13-15,17-18,21-23H2,1H3,(H,45,47)(H,46,50)(H,49,51). The Labute approximate surface area is 323 Å². The third-order valence-electron chi connectivity index (χ3n) is 11.0. The first kappa shape index (κ1) is 35.8. The van der Waals surface area contributed by atoms with E-state index in [1.54, 1.807) is 7.11 Å². The number of hydrogen-bond acceptors (Lipinski definition) is 8. The van der Waals surface area contributed by atoms with Gasteiger partial charge in [-0.1, -0.05) is 59.6 Å². The number of carbonyl (C=O) groups excluding carboxylic acids is 2. The van der Waals surface area contributed by atoms with Crippen molar-refractivity contribution in [3.63, 3.8) is 0 Å². The number of nitrogens with one attached hydrogen (secondary N) is 4. The molecule has 2 aromatic carbocycles. The Morgan fingerprint density at radius 1 is 0.962 bits per heavy atom. The van der Waals surface area contributed by atoms with E-state index in [2.05, 4.69) is 33.4 Å². The van der Waals surface area contributed by atoms with Crippen molar-refractivity contribution in [2.75, 3.05) is 19.0 Å². The number of amides is 2. The number of benzene rings is 2. The molecule has 0 bridgehead atoms. The number of aryl methyl sites for hydroxylation is 1. The highest BCUT2D eigenvalue weighted by Crippen LogP contribution is 2.44. The van der Waals surface area contributed by atoms with Crippen LogP contribution in [0.1, 0.15) is 61.8 Å². The van der Waals surface area contributed by atoms with Crippen LogP contribution < -0.4 is 26.0 Å². The van der Waals surface area contributed by atoms with Gasteiger partial charge >= 0.3 is 0 Å². The van der Waals surface area contributed by atoms with E-state index in [1.165, 1.54) is 16.0 Å². The van der Waals surface area contributed by atoms with Crippen molar-refractivity contribution in [3.8, 4) is 28.3 Å². The second-order valence-corrected chi connectivity index (χ2v) is 16.4. The molecular weight excluding hydrogens is 727 g/mol. The van der Waals surface area contributed by atoms with Crippen molar-refractivity contribution in [3.05, 3.63) is 87.3 Å². The first-order valence-electron chi connectivity index (χ1n) is 18.3. The van der Waals surface area contributed by atoms with Crippen LogP contribution in [0.15, 0.2) is 66.9 Å². The van der Waals surface area contributed by atoms with Crippen LogP contribution in [0.25, 0.3) is 32.5 Å².